The van der Waals surface area contributed by atoms with E-state index in [9.17, 15) is 0 Å². The predicted molar refractivity (Wildman–Crippen MR) is 24.3 cm³/mol. The molecule has 0 aliphatic carbocycles. The van der Waals surface area contributed by atoms with E-state index in [0.29, 0.717) is 7.28 Å². The van der Waals surface area contributed by atoms with Crippen molar-refractivity contribution in [2.24, 2.45) is 0 Å². The zero-order chi connectivity index (χ0) is 3.41. The zero-order valence-electron chi connectivity index (χ0n) is 2.03. The number of aliphatic hydroxyl groups is 1. The molecule has 0 saturated carbocycles. The van der Waals surface area contributed by atoms with Gasteiger partial charge in [-0.2, -0.15) is 0 Å². The fourth-order valence-electron chi connectivity index (χ4n) is 0. The van der Waals surface area contributed by atoms with Gasteiger partial charge in [-0.05, 0) is 7.28 Å². The molecule has 0 amide bonds. The van der Waals surface area contributed by atoms with Gasteiger partial charge in [0.1, 0.15) is 0 Å². The Kier molecular flexibility index (Phi) is 4.71. The van der Waals surface area contributed by atoms with Crippen LogP contribution in [0.1, 0.15) is 0 Å². The van der Waals surface area contributed by atoms with Gasteiger partial charge < -0.3 is 5.11 Å². The highest BCUT2D eigenvalue weighted by Crippen LogP contribution is 2.15. The van der Waals surface area contributed by atoms with E-state index in [-0.39, 0.29) is 6.35 Å². The standard InChI is InChI=1S/CH4BrOP/c2-4-1-3/h3-4H,1H2. The summed E-state index contributed by atoms with van der Waals surface area (Å²) in [4.78, 5) is 0. The fourth-order valence-corrected chi connectivity index (χ4v) is 0. The Bertz CT molecular complexity index is 10.0. The number of rotatable bonds is 1. The molecule has 0 radical (unpaired) electrons. The Hall–Kier alpha value is 0.870. The molecule has 0 aromatic heterocycles. The van der Waals surface area contributed by atoms with Crippen molar-refractivity contribution in [2.45, 2.75) is 0 Å². The molecule has 0 spiro atoms. The van der Waals surface area contributed by atoms with E-state index in [1.54, 1.807) is 0 Å². The third-order valence-corrected chi connectivity index (χ3v) is 0.932. The van der Waals surface area contributed by atoms with E-state index in [1.165, 1.54) is 0 Å². The summed E-state index contributed by atoms with van der Waals surface area (Å²) in [6, 6.07) is 0. The van der Waals surface area contributed by atoms with E-state index in [4.69, 9.17) is 5.11 Å². The molecular weight excluding hydrogens is 139 g/mol. The maximum atomic E-state index is 7.84. The number of hydrogen-bond donors (Lipinski definition) is 1. The molecular formula is CH4BrOP. The highest BCUT2D eigenvalue weighted by Gasteiger charge is 1.58. The van der Waals surface area contributed by atoms with Crippen LogP contribution < -0.4 is 0 Å². The van der Waals surface area contributed by atoms with Gasteiger partial charge in [0.15, 0.2) is 0 Å². The van der Waals surface area contributed by atoms with Gasteiger partial charge >= 0.3 is 0 Å². The molecule has 0 aromatic rings. The number of hydrogen-bond acceptors (Lipinski definition) is 1. The molecule has 26 valence electrons. The van der Waals surface area contributed by atoms with E-state index in [0.717, 1.165) is 0 Å². The van der Waals surface area contributed by atoms with Crippen LogP contribution in [0.25, 0.3) is 0 Å². The molecule has 0 aliphatic heterocycles. The van der Waals surface area contributed by atoms with Crippen molar-refractivity contribution < 1.29 is 5.11 Å². The van der Waals surface area contributed by atoms with Crippen LogP contribution >= 0.6 is 22.8 Å². The lowest BCUT2D eigenvalue weighted by atomic mass is 11.7. The van der Waals surface area contributed by atoms with Crippen LogP contribution in [-0.4, -0.2) is 11.5 Å². The maximum absolute atomic E-state index is 7.84. The minimum atomic E-state index is 0.264. The summed E-state index contributed by atoms with van der Waals surface area (Å²) >= 11 is 3.03. The van der Waals surface area contributed by atoms with Gasteiger partial charge in [-0.1, -0.05) is 15.5 Å². The van der Waals surface area contributed by atoms with Crippen molar-refractivity contribution in [1.29, 1.82) is 0 Å². The predicted octanol–water partition coefficient (Wildman–Crippen LogP) is 0.925. The topological polar surface area (TPSA) is 20.2 Å². The lowest BCUT2D eigenvalue weighted by Crippen LogP contribution is -1.52. The van der Waals surface area contributed by atoms with Crippen molar-refractivity contribution in [3.8, 4) is 0 Å². The average molecular weight is 143 g/mol. The van der Waals surface area contributed by atoms with E-state index in [2.05, 4.69) is 15.5 Å². The van der Waals surface area contributed by atoms with Gasteiger partial charge in [-0.15, -0.1) is 0 Å². The highest BCUT2D eigenvalue weighted by molar-refractivity contribution is 9.36. The first kappa shape index (κ1) is 4.87. The van der Waals surface area contributed by atoms with Gasteiger partial charge in [-0.3, -0.25) is 0 Å². The summed E-state index contributed by atoms with van der Waals surface area (Å²) in [5.41, 5.74) is 0. The van der Waals surface area contributed by atoms with Crippen molar-refractivity contribution >= 4 is 22.8 Å². The quantitative estimate of drug-likeness (QED) is 0.541. The molecule has 1 atom stereocenters. The largest absolute Gasteiger partial charge is 0.391 e. The van der Waals surface area contributed by atoms with Crippen LogP contribution in [0.15, 0.2) is 0 Å². The SMILES string of the molecule is OCPBr. The van der Waals surface area contributed by atoms with Crippen molar-refractivity contribution in [3.63, 3.8) is 0 Å². The molecule has 0 fully saturated rings. The van der Waals surface area contributed by atoms with Crippen molar-refractivity contribution in [1.82, 2.24) is 0 Å². The summed E-state index contributed by atoms with van der Waals surface area (Å²) in [6.45, 7) is 0. The summed E-state index contributed by atoms with van der Waals surface area (Å²) in [5, 5.41) is 7.84. The first-order valence-electron chi connectivity index (χ1n) is 0.859. The molecule has 0 rings (SSSR count). The normalized spacial score (nSPS) is 10.5. The third kappa shape index (κ3) is 2.87. The van der Waals surface area contributed by atoms with Crippen LogP contribution in [0, 0.1) is 0 Å². The molecule has 0 bridgehead atoms. The molecule has 1 N–H and O–H groups in total. The smallest absolute Gasteiger partial charge is 0.0698 e. The Morgan fingerprint density at radius 2 is 2.25 bits per heavy atom. The molecule has 0 aromatic carbocycles. The van der Waals surface area contributed by atoms with Gasteiger partial charge in [0, 0.05) is 0 Å². The van der Waals surface area contributed by atoms with Crippen LogP contribution in [0.5, 0.6) is 0 Å². The summed E-state index contributed by atoms with van der Waals surface area (Å²) in [7, 11) is 0.508. The molecule has 1 unspecified atom stereocenters. The molecule has 3 heteroatoms. The van der Waals surface area contributed by atoms with Gasteiger partial charge in [-0.25, -0.2) is 0 Å². The zero-order valence-corrected chi connectivity index (χ0v) is 4.62. The second-order valence-electron chi connectivity index (χ2n) is 0.292. The minimum Gasteiger partial charge on any atom is -0.391 e. The Labute approximate surface area is 34.9 Å². The van der Waals surface area contributed by atoms with Gasteiger partial charge in [0.25, 0.3) is 0 Å². The second kappa shape index (κ2) is 3.87. The van der Waals surface area contributed by atoms with E-state index < -0.39 is 0 Å². The second-order valence-corrected chi connectivity index (χ2v) is 2.56. The Morgan fingerprint density at radius 1 is 2.00 bits per heavy atom. The monoisotopic (exact) mass is 142 g/mol. The van der Waals surface area contributed by atoms with Gasteiger partial charge in [0.05, 0.1) is 6.35 Å². The third-order valence-electron chi connectivity index (χ3n) is 0.0598. The van der Waals surface area contributed by atoms with E-state index in [1.807, 2.05) is 0 Å². The Morgan fingerprint density at radius 3 is 2.25 bits per heavy atom. The molecule has 0 heterocycles. The van der Waals surface area contributed by atoms with Crippen LogP contribution in [0.4, 0.5) is 0 Å². The highest BCUT2D eigenvalue weighted by atomic mass is 79.9. The molecule has 1 nitrogen and oxygen atoms in total. The lowest BCUT2D eigenvalue weighted by Gasteiger charge is -1.68. The fraction of sp³-hybridized carbons (Fsp3) is 1.00. The summed E-state index contributed by atoms with van der Waals surface area (Å²) in [6.07, 6.45) is 0.264. The van der Waals surface area contributed by atoms with Crippen LogP contribution in [0.3, 0.4) is 0 Å². The lowest BCUT2D eigenvalue weighted by molar-refractivity contribution is 0.374. The molecule has 0 saturated heterocycles. The maximum Gasteiger partial charge on any atom is 0.0698 e. The number of aliphatic hydroxyl groups excluding tert-OH is 1. The first-order chi connectivity index (χ1) is 1.91. The Balaban J connectivity index is 1.97. The first-order valence-corrected chi connectivity index (χ1v) is 4.32. The number of halogens is 1. The van der Waals surface area contributed by atoms with Crippen LogP contribution in [-0.2, 0) is 0 Å². The molecule has 4 heavy (non-hydrogen) atoms. The summed E-state index contributed by atoms with van der Waals surface area (Å²) < 4.78 is 0. The molecule has 0 aliphatic rings. The minimum absolute atomic E-state index is 0.264. The van der Waals surface area contributed by atoms with Crippen molar-refractivity contribution in [2.75, 3.05) is 6.35 Å². The van der Waals surface area contributed by atoms with Crippen LogP contribution in [0.2, 0.25) is 0 Å². The summed E-state index contributed by atoms with van der Waals surface area (Å²) in [5.74, 6) is 0. The van der Waals surface area contributed by atoms with Gasteiger partial charge in [0.2, 0.25) is 0 Å². The average Bonchev–Trinajstić information content (AvgIpc) is 1.37. The van der Waals surface area contributed by atoms with E-state index >= 15 is 0 Å². The van der Waals surface area contributed by atoms with Crippen molar-refractivity contribution in [3.05, 3.63) is 0 Å².